The lowest BCUT2D eigenvalue weighted by Gasteiger charge is -2.29. The minimum absolute atomic E-state index is 0.200. The smallest absolute Gasteiger partial charge is 0.223 e. The van der Waals surface area contributed by atoms with E-state index < -0.39 is 0 Å². The van der Waals surface area contributed by atoms with Crippen molar-refractivity contribution in [1.29, 1.82) is 0 Å². The summed E-state index contributed by atoms with van der Waals surface area (Å²) in [6, 6.07) is 6.33. The van der Waals surface area contributed by atoms with Gasteiger partial charge >= 0.3 is 0 Å². The number of rotatable bonds is 5. The largest absolute Gasteiger partial charge is 0.497 e. The molecule has 1 aromatic carbocycles. The summed E-state index contributed by atoms with van der Waals surface area (Å²) in [4.78, 5) is 14.6. The molecule has 1 saturated heterocycles. The van der Waals surface area contributed by atoms with E-state index in [-0.39, 0.29) is 11.8 Å². The molecule has 2 aliphatic heterocycles. The van der Waals surface area contributed by atoms with Crippen LogP contribution in [-0.2, 0) is 17.8 Å². The lowest BCUT2D eigenvalue weighted by Crippen LogP contribution is -2.42. The fourth-order valence-electron chi connectivity index (χ4n) is 3.47. The fourth-order valence-corrected chi connectivity index (χ4v) is 3.47. The summed E-state index contributed by atoms with van der Waals surface area (Å²) in [5.74, 6) is 1.37. The summed E-state index contributed by atoms with van der Waals surface area (Å²) >= 11 is 0. The molecule has 0 bridgehead atoms. The predicted octanol–water partition coefficient (Wildman–Crippen LogP) is 1.17. The molecule has 2 heterocycles. The molecular weight excluding hydrogens is 290 g/mol. The van der Waals surface area contributed by atoms with E-state index in [4.69, 9.17) is 4.74 Å². The molecule has 23 heavy (non-hydrogen) atoms. The third kappa shape index (κ3) is 4.24. The minimum Gasteiger partial charge on any atom is -0.497 e. The number of hydrogen-bond acceptors (Lipinski definition) is 4. The molecule has 0 radical (unpaired) electrons. The number of hydrogen-bond donors (Lipinski definition) is 2. The molecule has 5 heteroatoms. The SMILES string of the molecule is COc1ccc2c(c1)CCN(CCNC(=O)C1CCNCC1)C2. The Bertz CT molecular complexity index is 541. The number of carbonyl (C=O) groups excluding carboxylic acids is 1. The highest BCUT2D eigenvalue weighted by Crippen LogP contribution is 2.23. The van der Waals surface area contributed by atoms with Gasteiger partial charge in [0.25, 0.3) is 0 Å². The molecule has 3 rings (SSSR count). The van der Waals surface area contributed by atoms with Gasteiger partial charge < -0.3 is 15.4 Å². The highest BCUT2D eigenvalue weighted by molar-refractivity contribution is 5.78. The zero-order chi connectivity index (χ0) is 16.1. The number of amides is 1. The maximum atomic E-state index is 12.1. The van der Waals surface area contributed by atoms with Crippen LogP contribution in [0.5, 0.6) is 5.75 Å². The summed E-state index contributed by atoms with van der Waals surface area (Å²) in [6.45, 7) is 5.59. The van der Waals surface area contributed by atoms with Crippen molar-refractivity contribution < 1.29 is 9.53 Å². The third-order valence-electron chi connectivity index (χ3n) is 4.94. The normalized spacial score (nSPS) is 19.2. The first-order chi connectivity index (χ1) is 11.3. The molecule has 0 aromatic heterocycles. The molecule has 0 atom stereocenters. The molecule has 126 valence electrons. The second-order valence-corrected chi connectivity index (χ2v) is 6.48. The van der Waals surface area contributed by atoms with E-state index in [0.717, 1.165) is 64.3 Å². The summed E-state index contributed by atoms with van der Waals surface area (Å²) in [5.41, 5.74) is 2.76. The third-order valence-corrected chi connectivity index (χ3v) is 4.94. The Morgan fingerprint density at radius 2 is 2.17 bits per heavy atom. The first-order valence-corrected chi connectivity index (χ1v) is 8.63. The Labute approximate surface area is 138 Å². The molecule has 2 aliphatic rings. The molecule has 0 unspecified atom stereocenters. The van der Waals surface area contributed by atoms with Crippen molar-refractivity contribution in [3.63, 3.8) is 0 Å². The lowest BCUT2D eigenvalue weighted by atomic mass is 9.97. The van der Waals surface area contributed by atoms with Gasteiger partial charge in [-0.05, 0) is 55.6 Å². The van der Waals surface area contributed by atoms with Gasteiger partial charge in [-0.3, -0.25) is 9.69 Å². The van der Waals surface area contributed by atoms with Gasteiger partial charge in [-0.25, -0.2) is 0 Å². The Balaban J connectivity index is 1.43. The molecule has 1 aromatic rings. The van der Waals surface area contributed by atoms with Gasteiger partial charge in [-0.1, -0.05) is 6.07 Å². The van der Waals surface area contributed by atoms with Crippen LogP contribution in [0.25, 0.3) is 0 Å². The van der Waals surface area contributed by atoms with Crippen molar-refractivity contribution >= 4 is 5.91 Å². The van der Waals surface area contributed by atoms with Crippen molar-refractivity contribution in [3.8, 4) is 5.75 Å². The first-order valence-electron chi connectivity index (χ1n) is 8.63. The van der Waals surface area contributed by atoms with Crippen LogP contribution in [0, 0.1) is 5.92 Å². The van der Waals surface area contributed by atoms with Crippen LogP contribution in [0.15, 0.2) is 18.2 Å². The van der Waals surface area contributed by atoms with Crippen molar-refractivity contribution in [1.82, 2.24) is 15.5 Å². The van der Waals surface area contributed by atoms with E-state index >= 15 is 0 Å². The molecule has 0 aliphatic carbocycles. The Hall–Kier alpha value is -1.59. The second-order valence-electron chi connectivity index (χ2n) is 6.48. The van der Waals surface area contributed by atoms with Gasteiger partial charge in [0.1, 0.15) is 5.75 Å². The number of benzene rings is 1. The van der Waals surface area contributed by atoms with E-state index in [1.165, 1.54) is 11.1 Å². The highest BCUT2D eigenvalue weighted by Gasteiger charge is 2.21. The summed E-state index contributed by atoms with van der Waals surface area (Å²) < 4.78 is 5.29. The van der Waals surface area contributed by atoms with E-state index in [1.807, 2.05) is 6.07 Å². The van der Waals surface area contributed by atoms with E-state index in [2.05, 4.69) is 27.7 Å². The molecule has 1 fully saturated rings. The monoisotopic (exact) mass is 317 g/mol. The molecule has 1 amide bonds. The fraction of sp³-hybridized carbons (Fsp3) is 0.611. The van der Waals surface area contributed by atoms with E-state index in [0.29, 0.717) is 0 Å². The zero-order valence-electron chi connectivity index (χ0n) is 13.9. The van der Waals surface area contributed by atoms with Crippen molar-refractivity contribution in [2.45, 2.75) is 25.8 Å². The number of nitrogens with one attached hydrogen (secondary N) is 2. The molecule has 0 saturated carbocycles. The van der Waals surface area contributed by atoms with Gasteiger partial charge in [-0.15, -0.1) is 0 Å². The van der Waals surface area contributed by atoms with Crippen molar-refractivity contribution in [2.75, 3.05) is 39.8 Å². The van der Waals surface area contributed by atoms with Gasteiger partial charge in [0.2, 0.25) is 5.91 Å². The van der Waals surface area contributed by atoms with E-state index in [9.17, 15) is 4.79 Å². The minimum atomic E-state index is 0.200. The number of fused-ring (bicyclic) bond motifs is 1. The van der Waals surface area contributed by atoms with Gasteiger partial charge in [0.05, 0.1) is 7.11 Å². The summed E-state index contributed by atoms with van der Waals surface area (Å²) in [5, 5.41) is 6.41. The van der Waals surface area contributed by atoms with Crippen molar-refractivity contribution in [2.24, 2.45) is 5.92 Å². The lowest BCUT2D eigenvalue weighted by molar-refractivity contribution is -0.125. The Morgan fingerprint density at radius 3 is 2.96 bits per heavy atom. The Morgan fingerprint density at radius 1 is 1.35 bits per heavy atom. The van der Waals surface area contributed by atoms with Gasteiger partial charge in [0, 0.05) is 32.1 Å². The van der Waals surface area contributed by atoms with Crippen molar-refractivity contribution in [3.05, 3.63) is 29.3 Å². The number of nitrogens with zero attached hydrogens (tertiary/aromatic N) is 1. The maximum Gasteiger partial charge on any atom is 0.223 e. The first kappa shape index (κ1) is 16.3. The number of carbonyl (C=O) groups is 1. The van der Waals surface area contributed by atoms with Crippen LogP contribution in [0.4, 0.5) is 0 Å². The van der Waals surface area contributed by atoms with Crippen LogP contribution < -0.4 is 15.4 Å². The van der Waals surface area contributed by atoms with Crippen LogP contribution in [-0.4, -0.2) is 50.6 Å². The van der Waals surface area contributed by atoms with Gasteiger partial charge in [0.15, 0.2) is 0 Å². The summed E-state index contributed by atoms with van der Waals surface area (Å²) in [7, 11) is 1.71. The average Bonchev–Trinajstić information content (AvgIpc) is 2.62. The number of ether oxygens (including phenoxy) is 1. The quantitative estimate of drug-likeness (QED) is 0.856. The van der Waals surface area contributed by atoms with Gasteiger partial charge in [-0.2, -0.15) is 0 Å². The molecule has 2 N–H and O–H groups in total. The topological polar surface area (TPSA) is 53.6 Å². The molecular formula is C18H27N3O2. The highest BCUT2D eigenvalue weighted by atomic mass is 16.5. The summed E-state index contributed by atoms with van der Waals surface area (Å²) in [6.07, 6.45) is 2.98. The maximum absolute atomic E-state index is 12.1. The second kappa shape index (κ2) is 7.79. The van der Waals surface area contributed by atoms with Crippen LogP contribution >= 0.6 is 0 Å². The number of methoxy groups -OCH3 is 1. The van der Waals surface area contributed by atoms with Crippen LogP contribution in [0.1, 0.15) is 24.0 Å². The number of piperidine rings is 1. The molecule has 5 nitrogen and oxygen atoms in total. The van der Waals surface area contributed by atoms with E-state index in [1.54, 1.807) is 7.11 Å². The van der Waals surface area contributed by atoms with Crippen LogP contribution in [0.2, 0.25) is 0 Å². The Kier molecular flexibility index (Phi) is 5.51. The zero-order valence-corrected chi connectivity index (χ0v) is 13.9. The standard InChI is InChI=1S/C18H27N3O2/c1-23-17-3-2-16-13-21(10-6-15(16)12-17)11-9-20-18(22)14-4-7-19-8-5-14/h2-3,12,14,19H,4-11,13H2,1H3,(H,20,22). The predicted molar refractivity (Wildman–Crippen MR) is 90.6 cm³/mol. The van der Waals surface area contributed by atoms with Crippen LogP contribution in [0.3, 0.4) is 0 Å². The average molecular weight is 317 g/mol. The molecule has 0 spiro atoms.